The highest BCUT2D eigenvalue weighted by molar-refractivity contribution is 5.81. The Morgan fingerprint density at radius 1 is 1.28 bits per heavy atom. The van der Waals surface area contributed by atoms with Crippen LogP contribution in [-0.4, -0.2) is 22.5 Å². The van der Waals surface area contributed by atoms with Crippen LogP contribution in [0.15, 0.2) is 12.2 Å². The van der Waals surface area contributed by atoms with E-state index in [-0.39, 0.29) is 11.8 Å². The van der Waals surface area contributed by atoms with Gasteiger partial charge in [0.2, 0.25) is 5.91 Å². The van der Waals surface area contributed by atoms with Crippen molar-refractivity contribution in [3.63, 3.8) is 0 Å². The fourth-order valence-electron chi connectivity index (χ4n) is 3.09. The Morgan fingerprint density at radius 3 is 2.56 bits per heavy atom. The predicted molar refractivity (Wildman–Crippen MR) is 68.0 cm³/mol. The van der Waals surface area contributed by atoms with E-state index in [1.807, 2.05) is 19.1 Å². The van der Waals surface area contributed by atoms with Gasteiger partial charge >= 0.3 is 5.97 Å². The van der Waals surface area contributed by atoms with E-state index >= 15 is 0 Å². The Hall–Kier alpha value is -1.32. The molecule has 4 heteroatoms. The zero-order chi connectivity index (χ0) is 13.2. The first-order valence-electron chi connectivity index (χ1n) is 6.73. The van der Waals surface area contributed by atoms with E-state index in [4.69, 9.17) is 0 Å². The fourth-order valence-corrected chi connectivity index (χ4v) is 3.09. The van der Waals surface area contributed by atoms with Crippen molar-refractivity contribution in [1.29, 1.82) is 0 Å². The minimum atomic E-state index is -0.790. The van der Waals surface area contributed by atoms with Gasteiger partial charge in [-0.3, -0.25) is 9.59 Å². The third kappa shape index (κ3) is 2.57. The molecule has 2 aliphatic carbocycles. The lowest BCUT2D eigenvalue weighted by Crippen LogP contribution is -2.56. The number of hydrogen-bond acceptors (Lipinski definition) is 2. The number of rotatable bonds is 3. The van der Waals surface area contributed by atoms with Gasteiger partial charge in [-0.25, -0.2) is 0 Å². The second kappa shape index (κ2) is 5.12. The summed E-state index contributed by atoms with van der Waals surface area (Å²) in [6.07, 6.45) is 8.94. The van der Waals surface area contributed by atoms with Gasteiger partial charge in [0.15, 0.2) is 0 Å². The molecule has 0 aromatic heterocycles. The molecule has 0 aromatic carbocycles. The second-order valence-corrected chi connectivity index (χ2v) is 5.68. The van der Waals surface area contributed by atoms with Crippen molar-refractivity contribution in [3.05, 3.63) is 12.2 Å². The van der Waals surface area contributed by atoms with Crippen LogP contribution in [0.3, 0.4) is 0 Å². The maximum atomic E-state index is 12.1. The minimum Gasteiger partial charge on any atom is -0.481 e. The number of amides is 1. The number of allylic oxidation sites excluding steroid dienone is 2. The molecule has 0 bridgehead atoms. The standard InChI is InChI=1S/C14H21NO3/c1-14(9-5-4-8-11(14)13(17)18)15-12(16)10-6-2-3-7-10/h2-3,10-11H,4-9H2,1H3,(H,15,16)(H,17,18). The molecule has 2 unspecified atom stereocenters. The average molecular weight is 251 g/mol. The Labute approximate surface area is 107 Å². The maximum Gasteiger partial charge on any atom is 0.308 e. The molecule has 0 saturated heterocycles. The molecule has 2 aliphatic rings. The van der Waals surface area contributed by atoms with Crippen LogP contribution in [0.5, 0.6) is 0 Å². The SMILES string of the molecule is CC1(NC(=O)C2CC=CC2)CCCCC1C(=O)O. The van der Waals surface area contributed by atoms with E-state index < -0.39 is 17.4 Å². The van der Waals surface area contributed by atoms with Crippen molar-refractivity contribution in [2.24, 2.45) is 11.8 Å². The summed E-state index contributed by atoms with van der Waals surface area (Å²) in [4.78, 5) is 23.5. The molecule has 18 heavy (non-hydrogen) atoms. The van der Waals surface area contributed by atoms with E-state index in [2.05, 4.69) is 5.32 Å². The van der Waals surface area contributed by atoms with Gasteiger partial charge in [0.25, 0.3) is 0 Å². The number of hydrogen-bond donors (Lipinski definition) is 2. The molecule has 0 heterocycles. The molecule has 4 nitrogen and oxygen atoms in total. The lowest BCUT2D eigenvalue weighted by atomic mass is 9.73. The molecule has 1 saturated carbocycles. The van der Waals surface area contributed by atoms with Gasteiger partial charge in [-0.1, -0.05) is 25.0 Å². The Balaban J connectivity index is 2.03. The van der Waals surface area contributed by atoms with Crippen LogP contribution in [0, 0.1) is 11.8 Å². The van der Waals surface area contributed by atoms with E-state index in [9.17, 15) is 14.7 Å². The number of nitrogens with one attached hydrogen (secondary N) is 1. The molecule has 0 aromatic rings. The van der Waals surface area contributed by atoms with Crippen molar-refractivity contribution >= 4 is 11.9 Å². The lowest BCUT2D eigenvalue weighted by molar-refractivity contribution is -0.147. The van der Waals surface area contributed by atoms with Crippen molar-refractivity contribution in [1.82, 2.24) is 5.32 Å². The second-order valence-electron chi connectivity index (χ2n) is 5.68. The highest BCUT2D eigenvalue weighted by Gasteiger charge is 2.42. The van der Waals surface area contributed by atoms with E-state index in [0.29, 0.717) is 6.42 Å². The first-order valence-corrected chi connectivity index (χ1v) is 6.73. The average Bonchev–Trinajstić information content (AvgIpc) is 2.81. The summed E-state index contributed by atoms with van der Waals surface area (Å²) in [7, 11) is 0. The van der Waals surface area contributed by atoms with Crippen LogP contribution < -0.4 is 5.32 Å². The smallest absolute Gasteiger partial charge is 0.308 e. The van der Waals surface area contributed by atoms with Crippen molar-refractivity contribution in [3.8, 4) is 0 Å². The summed E-state index contributed by atoms with van der Waals surface area (Å²) in [6.45, 7) is 1.88. The largest absolute Gasteiger partial charge is 0.481 e. The third-order valence-electron chi connectivity index (χ3n) is 4.29. The molecular formula is C14H21NO3. The highest BCUT2D eigenvalue weighted by Crippen LogP contribution is 2.34. The third-order valence-corrected chi connectivity index (χ3v) is 4.29. The summed E-state index contributed by atoms with van der Waals surface area (Å²) < 4.78 is 0. The van der Waals surface area contributed by atoms with E-state index in [1.54, 1.807) is 0 Å². The summed E-state index contributed by atoms with van der Waals surface area (Å²) in [5, 5.41) is 12.3. The topological polar surface area (TPSA) is 66.4 Å². The van der Waals surface area contributed by atoms with Gasteiger partial charge in [-0.2, -0.15) is 0 Å². The van der Waals surface area contributed by atoms with Gasteiger partial charge in [0.1, 0.15) is 0 Å². The van der Waals surface area contributed by atoms with Gasteiger partial charge in [0.05, 0.1) is 11.5 Å². The number of aliphatic carboxylic acids is 1. The van der Waals surface area contributed by atoms with Crippen LogP contribution in [0.2, 0.25) is 0 Å². The molecule has 1 fully saturated rings. The first kappa shape index (κ1) is 13.1. The Bertz CT molecular complexity index is 369. The quantitative estimate of drug-likeness (QED) is 0.755. The van der Waals surface area contributed by atoms with Crippen LogP contribution in [0.25, 0.3) is 0 Å². The number of carboxylic acid groups (broad SMARTS) is 1. The normalized spacial score (nSPS) is 32.4. The molecule has 0 radical (unpaired) electrons. The van der Waals surface area contributed by atoms with Crippen LogP contribution >= 0.6 is 0 Å². The van der Waals surface area contributed by atoms with Gasteiger partial charge < -0.3 is 10.4 Å². The molecule has 2 rings (SSSR count). The summed E-state index contributed by atoms with van der Waals surface area (Å²) in [6, 6.07) is 0. The lowest BCUT2D eigenvalue weighted by Gasteiger charge is -2.40. The zero-order valence-corrected chi connectivity index (χ0v) is 10.8. The molecule has 2 atom stereocenters. The van der Waals surface area contributed by atoms with Crippen molar-refractivity contribution < 1.29 is 14.7 Å². The van der Waals surface area contributed by atoms with Gasteiger partial charge in [-0.15, -0.1) is 0 Å². The van der Waals surface area contributed by atoms with Crippen LogP contribution in [0.4, 0.5) is 0 Å². The predicted octanol–water partition coefficient (Wildman–Crippen LogP) is 2.10. The summed E-state index contributed by atoms with van der Waals surface area (Å²) in [5.74, 6) is -1.24. The highest BCUT2D eigenvalue weighted by atomic mass is 16.4. The number of carboxylic acids is 1. The van der Waals surface area contributed by atoms with Crippen LogP contribution in [-0.2, 0) is 9.59 Å². The summed E-state index contributed by atoms with van der Waals surface area (Å²) in [5.41, 5.74) is -0.580. The van der Waals surface area contributed by atoms with E-state index in [0.717, 1.165) is 32.1 Å². The van der Waals surface area contributed by atoms with Crippen LogP contribution in [0.1, 0.15) is 45.4 Å². The first-order chi connectivity index (χ1) is 8.53. The Morgan fingerprint density at radius 2 is 1.94 bits per heavy atom. The molecule has 2 N–H and O–H groups in total. The van der Waals surface area contributed by atoms with Crippen molar-refractivity contribution in [2.45, 2.75) is 51.0 Å². The van der Waals surface area contributed by atoms with Gasteiger partial charge in [0, 0.05) is 5.92 Å². The monoisotopic (exact) mass is 251 g/mol. The summed E-state index contributed by atoms with van der Waals surface area (Å²) >= 11 is 0. The van der Waals surface area contributed by atoms with Gasteiger partial charge in [-0.05, 0) is 32.6 Å². The molecule has 100 valence electrons. The minimum absolute atomic E-state index is 0.00167. The van der Waals surface area contributed by atoms with E-state index in [1.165, 1.54) is 0 Å². The number of carbonyl (C=O) groups excluding carboxylic acids is 1. The van der Waals surface area contributed by atoms with Crippen molar-refractivity contribution in [2.75, 3.05) is 0 Å². The Kier molecular flexibility index (Phi) is 3.73. The maximum absolute atomic E-state index is 12.1. The molecule has 0 aliphatic heterocycles. The molecule has 1 amide bonds. The zero-order valence-electron chi connectivity index (χ0n) is 10.8. The molecule has 0 spiro atoms. The fraction of sp³-hybridized carbons (Fsp3) is 0.714. The molecular weight excluding hydrogens is 230 g/mol. The number of carbonyl (C=O) groups is 2.